The third kappa shape index (κ3) is 5.19. The first-order chi connectivity index (χ1) is 13.7. The van der Waals surface area contributed by atoms with Crippen molar-refractivity contribution in [1.29, 1.82) is 0 Å². The van der Waals surface area contributed by atoms with Crippen LogP contribution in [0.25, 0.3) is 0 Å². The summed E-state index contributed by atoms with van der Waals surface area (Å²) in [6.07, 6.45) is 2.29. The number of para-hydroxylation sites is 1. The molecule has 4 nitrogen and oxygen atoms in total. The molecule has 0 atom stereocenters. The zero-order chi connectivity index (χ0) is 21.1. The molecule has 0 saturated heterocycles. The van der Waals surface area contributed by atoms with E-state index in [9.17, 15) is 18.4 Å². The standard InChI is InChI=1S/C23H26F2N2O2/c1-3-18(28)14-23(12-13-23)21(29)26-15-16-8-10-17(11-9-16)27-20-7-5-4-6-19(20)22(2,24)25/h4-11,27H,3,12-15H2,1-2H3,(H,26,29). The minimum absolute atomic E-state index is 0.0623. The molecule has 2 N–H and O–H groups in total. The van der Waals surface area contributed by atoms with Crippen LogP contribution in [0.4, 0.5) is 20.2 Å². The number of hydrogen-bond acceptors (Lipinski definition) is 3. The van der Waals surface area contributed by atoms with Gasteiger partial charge in [-0.25, -0.2) is 8.78 Å². The number of Topliss-reactive ketones (excluding diaryl/α,β-unsaturated/α-hetero) is 1. The van der Waals surface area contributed by atoms with E-state index in [4.69, 9.17) is 0 Å². The van der Waals surface area contributed by atoms with Crippen molar-refractivity contribution in [2.75, 3.05) is 5.32 Å². The average Bonchev–Trinajstić information content (AvgIpc) is 3.47. The van der Waals surface area contributed by atoms with Crippen LogP contribution < -0.4 is 10.6 Å². The Morgan fingerprint density at radius 1 is 1.07 bits per heavy atom. The number of ketones is 1. The van der Waals surface area contributed by atoms with Crippen LogP contribution >= 0.6 is 0 Å². The summed E-state index contributed by atoms with van der Waals surface area (Å²) in [5.41, 5.74) is 1.37. The lowest BCUT2D eigenvalue weighted by Crippen LogP contribution is -2.33. The molecule has 1 aliphatic rings. The molecular weight excluding hydrogens is 374 g/mol. The fourth-order valence-electron chi connectivity index (χ4n) is 3.34. The second-order valence-electron chi connectivity index (χ2n) is 7.79. The summed E-state index contributed by atoms with van der Waals surface area (Å²) in [7, 11) is 0. The van der Waals surface area contributed by atoms with Gasteiger partial charge < -0.3 is 10.6 Å². The molecule has 1 saturated carbocycles. The molecule has 0 aromatic heterocycles. The topological polar surface area (TPSA) is 58.2 Å². The van der Waals surface area contributed by atoms with Crippen LogP contribution in [0.3, 0.4) is 0 Å². The molecule has 0 radical (unpaired) electrons. The van der Waals surface area contributed by atoms with E-state index in [2.05, 4.69) is 10.6 Å². The highest BCUT2D eigenvalue weighted by Gasteiger charge is 2.50. The molecule has 3 rings (SSSR count). The highest BCUT2D eigenvalue weighted by molar-refractivity contribution is 5.91. The summed E-state index contributed by atoms with van der Waals surface area (Å²) < 4.78 is 27.5. The molecule has 0 bridgehead atoms. The predicted molar refractivity (Wildman–Crippen MR) is 109 cm³/mol. The summed E-state index contributed by atoms with van der Waals surface area (Å²) in [5.74, 6) is -2.89. The van der Waals surface area contributed by atoms with Crippen molar-refractivity contribution in [1.82, 2.24) is 5.32 Å². The highest BCUT2D eigenvalue weighted by Crippen LogP contribution is 2.49. The molecule has 0 heterocycles. The lowest BCUT2D eigenvalue weighted by Gasteiger charge is -2.17. The van der Waals surface area contributed by atoms with Gasteiger partial charge in [0, 0.05) is 43.2 Å². The van der Waals surface area contributed by atoms with Gasteiger partial charge in [-0.15, -0.1) is 0 Å². The lowest BCUT2D eigenvalue weighted by molar-refractivity contribution is -0.130. The Morgan fingerprint density at radius 2 is 1.72 bits per heavy atom. The predicted octanol–water partition coefficient (Wildman–Crippen LogP) is 5.31. The van der Waals surface area contributed by atoms with Crippen LogP contribution in [0, 0.1) is 5.41 Å². The third-order valence-corrected chi connectivity index (χ3v) is 5.35. The van der Waals surface area contributed by atoms with Crippen LogP contribution in [-0.2, 0) is 22.1 Å². The van der Waals surface area contributed by atoms with E-state index < -0.39 is 11.3 Å². The minimum Gasteiger partial charge on any atom is -0.355 e. The molecule has 1 fully saturated rings. The number of hydrogen-bond donors (Lipinski definition) is 2. The molecule has 1 amide bonds. The maximum absolute atomic E-state index is 13.8. The minimum atomic E-state index is -2.94. The van der Waals surface area contributed by atoms with Gasteiger partial charge in [0.2, 0.25) is 5.91 Å². The fraction of sp³-hybridized carbons (Fsp3) is 0.391. The van der Waals surface area contributed by atoms with E-state index in [-0.39, 0.29) is 17.3 Å². The summed E-state index contributed by atoms with van der Waals surface area (Å²) in [5, 5.41) is 5.95. The molecule has 2 aromatic carbocycles. The molecular formula is C23H26F2N2O2. The average molecular weight is 400 g/mol. The summed E-state index contributed by atoms with van der Waals surface area (Å²) >= 11 is 0. The van der Waals surface area contributed by atoms with Gasteiger partial charge in [0.15, 0.2) is 0 Å². The Kier molecular flexibility index (Phi) is 6.01. The quantitative estimate of drug-likeness (QED) is 0.600. The Morgan fingerprint density at radius 3 is 2.31 bits per heavy atom. The summed E-state index contributed by atoms with van der Waals surface area (Å²) in [6.45, 7) is 3.05. The molecule has 0 aliphatic heterocycles. The number of rotatable bonds is 9. The largest absolute Gasteiger partial charge is 0.355 e. The van der Waals surface area contributed by atoms with Crippen molar-refractivity contribution >= 4 is 23.1 Å². The maximum atomic E-state index is 13.8. The number of alkyl halides is 2. The van der Waals surface area contributed by atoms with Gasteiger partial charge in [-0.3, -0.25) is 9.59 Å². The van der Waals surface area contributed by atoms with Crippen molar-refractivity contribution in [3.05, 3.63) is 59.7 Å². The van der Waals surface area contributed by atoms with Crippen LogP contribution in [0.5, 0.6) is 0 Å². The normalized spacial score (nSPS) is 14.9. The van der Waals surface area contributed by atoms with Gasteiger partial charge in [0.05, 0.1) is 5.41 Å². The van der Waals surface area contributed by atoms with E-state index >= 15 is 0 Å². The first kappa shape index (κ1) is 21.0. The Hall–Kier alpha value is -2.76. The van der Waals surface area contributed by atoms with Gasteiger partial charge in [0.1, 0.15) is 5.78 Å². The van der Waals surface area contributed by atoms with Crippen molar-refractivity contribution in [2.24, 2.45) is 5.41 Å². The number of carbonyl (C=O) groups is 2. The summed E-state index contributed by atoms with van der Waals surface area (Å²) in [6, 6.07) is 13.6. The van der Waals surface area contributed by atoms with E-state index in [0.29, 0.717) is 30.8 Å². The monoisotopic (exact) mass is 400 g/mol. The van der Waals surface area contributed by atoms with E-state index in [1.165, 1.54) is 6.07 Å². The molecule has 2 aromatic rings. The first-order valence-electron chi connectivity index (χ1n) is 9.87. The SMILES string of the molecule is CCC(=O)CC1(C(=O)NCc2ccc(Nc3ccccc3C(C)(F)F)cc2)CC1. The molecule has 29 heavy (non-hydrogen) atoms. The number of halogens is 2. The molecule has 1 aliphatic carbocycles. The Labute approximate surface area is 169 Å². The fourth-order valence-corrected chi connectivity index (χ4v) is 3.34. The van der Waals surface area contributed by atoms with Crippen molar-refractivity contribution in [2.45, 2.75) is 52.0 Å². The molecule has 0 unspecified atom stereocenters. The van der Waals surface area contributed by atoms with Crippen molar-refractivity contribution < 1.29 is 18.4 Å². The Balaban J connectivity index is 1.59. The number of benzene rings is 2. The lowest BCUT2D eigenvalue weighted by atomic mass is 9.97. The number of carbonyl (C=O) groups excluding carboxylic acids is 2. The van der Waals surface area contributed by atoms with Gasteiger partial charge in [-0.1, -0.05) is 37.3 Å². The smallest absolute Gasteiger partial charge is 0.272 e. The maximum Gasteiger partial charge on any atom is 0.272 e. The zero-order valence-electron chi connectivity index (χ0n) is 16.7. The Bertz CT molecular complexity index is 884. The van der Waals surface area contributed by atoms with Gasteiger partial charge in [0.25, 0.3) is 5.92 Å². The third-order valence-electron chi connectivity index (χ3n) is 5.35. The van der Waals surface area contributed by atoms with Crippen LogP contribution in [0.2, 0.25) is 0 Å². The van der Waals surface area contributed by atoms with Gasteiger partial charge in [-0.05, 0) is 36.6 Å². The van der Waals surface area contributed by atoms with Crippen LogP contribution in [-0.4, -0.2) is 11.7 Å². The van der Waals surface area contributed by atoms with Crippen LogP contribution in [0.1, 0.15) is 50.7 Å². The second-order valence-corrected chi connectivity index (χ2v) is 7.79. The van der Waals surface area contributed by atoms with Gasteiger partial charge in [-0.2, -0.15) is 0 Å². The molecule has 154 valence electrons. The molecule has 6 heteroatoms. The number of amides is 1. The second kappa shape index (κ2) is 8.31. The first-order valence-corrected chi connectivity index (χ1v) is 9.87. The van der Waals surface area contributed by atoms with E-state index in [1.54, 1.807) is 30.3 Å². The number of nitrogens with one attached hydrogen (secondary N) is 2. The highest BCUT2D eigenvalue weighted by atomic mass is 19.3. The van der Waals surface area contributed by atoms with Crippen molar-refractivity contribution in [3.8, 4) is 0 Å². The van der Waals surface area contributed by atoms with E-state index in [0.717, 1.165) is 25.3 Å². The number of anilines is 2. The summed E-state index contributed by atoms with van der Waals surface area (Å²) in [4.78, 5) is 24.1. The van der Waals surface area contributed by atoms with Gasteiger partial charge >= 0.3 is 0 Å². The van der Waals surface area contributed by atoms with Crippen LogP contribution in [0.15, 0.2) is 48.5 Å². The molecule has 0 spiro atoms. The zero-order valence-corrected chi connectivity index (χ0v) is 16.7. The van der Waals surface area contributed by atoms with E-state index in [1.807, 2.05) is 19.1 Å². The van der Waals surface area contributed by atoms with Crippen molar-refractivity contribution in [3.63, 3.8) is 0 Å².